The van der Waals surface area contributed by atoms with Crippen LogP contribution in [0.3, 0.4) is 0 Å². The van der Waals surface area contributed by atoms with E-state index in [2.05, 4.69) is 27.6 Å². The van der Waals surface area contributed by atoms with Crippen molar-refractivity contribution < 1.29 is 0 Å². The van der Waals surface area contributed by atoms with Gasteiger partial charge in [0.25, 0.3) is 0 Å². The van der Waals surface area contributed by atoms with Gasteiger partial charge in [-0.25, -0.2) is 0 Å². The molecule has 0 aromatic carbocycles. The molecule has 2 saturated heterocycles. The molecule has 2 fully saturated rings. The first-order valence-electron chi connectivity index (χ1n) is 7.45. The Bertz CT molecular complexity index is 418. The molecule has 1 aromatic rings. The third-order valence-corrected chi connectivity index (χ3v) is 6.21. The molecule has 0 radical (unpaired) electrons. The summed E-state index contributed by atoms with van der Waals surface area (Å²) in [6, 6.07) is 3.24. The zero-order chi connectivity index (χ0) is 11.9. The first-order valence-corrected chi connectivity index (χ1v) is 8.26. The van der Waals surface area contributed by atoms with E-state index in [1.165, 1.54) is 51.7 Å². The van der Waals surface area contributed by atoms with Gasteiger partial charge >= 0.3 is 0 Å². The smallest absolute Gasteiger partial charge is 0.0302 e. The van der Waals surface area contributed by atoms with E-state index >= 15 is 0 Å². The number of rotatable bonds is 3. The first-order chi connectivity index (χ1) is 8.88. The van der Waals surface area contributed by atoms with Crippen LogP contribution in [-0.4, -0.2) is 30.6 Å². The molecule has 1 N–H and O–H groups in total. The molecule has 98 valence electrons. The number of nitrogens with one attached hydrogen (secondary N) is 1. The molecule has 0 amide bonds. The Balaban J connectivity index is 1.37. The van der Waals surface area contributed by atoms with Gasteiger partial charge in [-0.15, -0.1) is 11.3 Å². The molecule has 3 heteroatoms. The molecular weight excluding hydrogens is 240 g/mol. The van der Waals surface area contributed by atoms with Gasteiger partial charge in [0.15, 0.2) is 0 Å². The lowest BCUT2D eigenvalue weighted by molar-refractivity contribution is 0.220. The highest BCUT2D eigenvalue weighted by atomic mass is 32.1. The molecule has 0 spiro atoms. The molecule has 1 aromatic heterocycles. The minimum atomic E-state index is 0.778. The lowest BCUT2D eigenvalue weighted by Crippen LogP contribution is -2.43. The number of hydrogen-bond acceptors (Lipinski definition) is 3. The van der Waals surface area contributed by atoms with Gasteiger partial charge in [0.2, 0.25) is 0 Å². The van der Waals surface area contributed by atoms with Gasteiger partial charge in [0.05, 0.1) is 0 Å². The van der Waals surface area contributed by atoms with Crippen LogP contribution < -0.4 is 5.32 Å². The Hall–Kier alpha value is -0.380. The van der Waals surface area contributed by atoms with Gasteiger partial charge in [-0.1, -0.05) is 0 Å². The Kier molecular flexibility index (Phi) is 2.94. The topological polar surface area (TPSA) is 15.3 Å². The van der Waals surface area contributed by atoms with Crippen LogP contribution in [0.2, 0.25) is 0 Å². The lowest BCUT2D eigenvalue weighted by atomic mass is 9.94. The summed E-state index contributed by atoms with van der Waals surface area (Å²) in [5.74, 6) is 0.922. The van der Waals surface area contributed by atoms with Crippen LogP contribution in [0.4, 0.5) is 0 Å². The summed E-state index contributed by atoms with van der Waals surface area (Å²) in [6.45, 7) is 5.11. The standard InChI is InChI=1S/C15H22N2S/c1-2-11-8-13(18-15(11)3-1)9-16-14-5-7-17-6-4-12(14)10-17/h8,12,14,16H,1-7,9-10H2. The second-order valence-electron chi connectivity index (χ2n) is 6.14. The average Bonchev–Trinajstić information content (AvgIpc) is 3.03. The van der Waals surface area contributed by atoms with E-state index in [-0.39, 0.29) is 0 Å². The van der Waals surface area contributed by atoms with Gasteiger partial charge in [-0.05, 0) is 62.7 Å². The minimum Gasteiger partial charge on any atom is -0.309 e. The number of piperidine rings is 1. The van der Waals surface area contributed by atoms with E-state index in [1.807, 2.05) is 0 Å². The van der Waals surface area contributed by atoms with Gasteiger partial charge in [-0.2, -0.15) is 0 Å². The summed E-state index contributed by atoms with van der Waals surface area (Å²) in [5, 5.41) is 3.84. The lowest BCUT2D eigenvalue weighted by Gasteiger charge is -2.31. The highest BCUT2D eigenvalue weighted by molar-refractivity contribution is 7.12. The van der Waals surface area contributed by atoms with Gasteiger partial charge in [0, 0.05) is 28.9 Å². The average molecular weight is 262 g/mol. The van der Waals surface area contributed by atoms with Crippen LogP contribution in [-0.2, 0) is 19.4 Å². The number of nitrogens with zero attached hydrogens (tertiary/aromatic N) is 1. The predicted molar refractivity (Wildman–Crippen MR) is 76.1 cm³/mol. The summed E-state index contributed by atoms with van der Waals surface area (Å²) in [7, 11) is 0. The number of hydrogen-bond donors (Lipinski definition) is 1. The fourth-order valence-electron chi connectivity index (χ4n) is 3.93. The van der Waals surface area contributed by atoms with Crippen molar-refractivity contribution in [1.29, 1.82) is 0 Å². The highest BCUT2D eigenvalue weighted by Gasteiger charge is 2.33. The zero-order valence-corrected chi connectivity index (χ0v) is 11.8. The molecule has 3 unspecified atom stereocenters. The van der Waals surface area contributed by atoms with Crippen LogP contribution in [0.1, 0.15) is 34.6 Å². The van der Waals surface area contributed by atoms with E-state index < -0.39 is 0 Å². The highest BCUT2D eigenvalue weighted by Crippen LogP contribution is 2.31. The van der Waals surface area contributed by atoms with Crippen molar-refractivity contribution in [2.24, 2.45) is 5.92 Å². The Morgan fingerprint density at radius 3 is 3.17 bits per heavy atom. The van der Waals surface area contributed by atoms with Crippen molar-refractivity contribution in [2.45, 2.75) is 44.7 Å². The van der Waals surface area contributed by atoms with E-state index in [0.717, 1.165) is 18.5 Å². The quantitative estimate of drug-likeness (QED) is 0.900. The normalized spacial score (nSPS) is 33.9. The van der Waals surface area contributed by atoms with E-state index in [0.29, 0.717) is 0 Å². The summed E-state index contributed by atoms with van der Waals surface area (Å²) in [4.78, 5) is 5.87. The van der Waals surface area contributed by atoms with Crippen LogP contribution in [0.15, 0.2) is 6.07 Å². The summed E-state index contributed by atoms with van der Waals surface area (Å²) < 4.78 is 0. The monoisotopic (exact) mass is 262 g/mol. The molecule has 1 aliphatic carbocycles. The molecule has 4 rings (SSSR count). The van der Waals surface area contributed by atoms with Gasteiger partial charge in [0.1, 0.15) is 0 Å². The maximum atomic E-state index is 3.84. The fourth-order valence-corrected chi connectivity index (χ4v) is 5.14. The minimum absolute atomic E-state index is 0.778. The fraction of sp³-hybridized carbons (Fsp3) is 0.733. The summed E-state index contributed by atoms with van der Waals surface area (Å²) >= 11 is 2.06. The third kappa shape index (κ3) is 2.02. The second-order valence-corrected chi connectivity index (χ2v) is 7.36. The molecule has 3 atom stereocenters. The molecule has 18 heavy (non-hydrogen) atoms. The number of fused-ring (bicyclic) bond motifs is 3. The zero-order valence-electron chi connectivity index (χ0n) is 11.0. The first kappa shape index (κ1) is 11.4. The third-order valence-electron chi connectivity index (χ3n) is 4.97. The van der Waals surface area contributed by atoms with Gasteiger partial charge in [-0.3, -0.25) is 0 Å². The maximum Gasteiger partial charge on any atom is 0.0302 e. The largest absolute Gasteiger partial charge is 0.309 e. The molecule has 0 saturated carbocycles. The van der Waals surface area contributed by atoms with Crippen molar-refractivity contribution in [3.63, 3.8) is 0 Å². The molecule has 2 bridgehead atoms. The molecule has 2 nitrogen and oxygen atoms in total. The molecule has 2 aliphatic heterocycles. The second kappa shape index (κ2) is 4.62. The van der Waals surface area contributed by atoms with E-state index in [9.17, 15) is 0 Å². The van der Waals surface area contributed by atoms with Crippen molar-refractivity contribution in [3.8, 4) is 0 Å². The number of aryl methyl sites for hydroxylation is 2. The Morgan fingerprint density at radius 2 is 2.22 bits per heavy atom. The molecular formula is C15H22N2S. The Labute approximate surface area is 113 Å². The van der Waals surface area contributed by atoms with Crippen molar-refractivity contribution >= 4 is 11.3 Å². The van der Waals surface area contributed by atoms with Crippen molar-refractivity contribution in [2.75, 3.05) is 19.6 Å². The predicted octanol–water partition coefficient (Wildman–Crippen LogP) is 2.42. The Morgan fingerprint density at radius 1 is 1.28 bits per heavy atom. The maximum absolute atomic E-state index is 3.84. The molecule has 3 heterocycles. The van der Waals surface area contributed by atoms with Crippen molar-refractivity contribution in [1.82, 2.24) is 10.2 Å². The number of thiophene rings is 1. The van der Waals surface area contributed by atoms with Crippen molar-refractivity contribution in [3.05, 3.63) is 21.4 Å². The van der Waals surface area contributed by atoms with Crippen LogP contribution in [0, 0.1) is 5.92 Å². The summed E-state index contributed by atoms with van der Waals surface area (Å²) in [5.41, 5.74) is 1.65. The summed E-state index contributed by atoms with van der Waals surface area (Å²) in [6.07, 6.45) is 6.82. The molecule has 3 aliphatic rings. The SMILES string of the molecule is c1c(CNC2CCN3CCC2C3)sc2c1CCC2. The van der Waals surface area contributed by atoms with E-state index in [4.69, 9.17) is 0 Å². The van der Waals surface area contributed by atoms with Crippen LogP contribution in [0.5, 0.6) is 0 Å². The van der Waals surface area contributed by atoms with Crippen LogP contribution in [0.25, 0.3) is 0 Å². The van der Waals surface area contributed by atoms with E-state index in [1.54, 1.807) is 15.3 Å². The van der Waals surface area contributed by atoms with Crippen LogP contribution >= 0.6 is 11.3 Å². The van der Waals surface area contributed by atoms with Gasteiger partial charge < -0.3 is 10.2 Å².